The molecule has 45 heavy (non-hydrogen) atoms. The number of nitrogens with zero attached hydrogens (tertiary/aromatic N) is 2. The number of phenolic OH excluding ortho intramolecular Hbond substituents is 1. The summed E-state index contributed by atoms with van der Waals surface area (Å²) in [7, 11) is 0. The van der Waals surface area contributed by atoms with Gasteiger partial charge in [-0.05, 0) is 46.7 Å². The molecule has 224 valence electrons. The van der Waals surface area contributed by atoms with Crippen LogP contribution in [0.25, 0.3) is 52.1 Å². The highest BCUT2D eigenvalue weighted by Crippen LogP contribution is 2.44. The first-order valence-electron chi connectivity index (χ1n) is 15.3. The van der Waals surface area contributed by atoms with Gasteiger partial charge in [-0.1, -0.05) is 108 Å². The number of benzene rings is 5. The molecule has 5 aromatic carbocycles. The minimum atomic E-state index is -0.204. The number of thiophene rings is 1. The Morgan fingerprint density at radius 1 is 0.667 bits per heavy atom. The van der Waals surface area contributed by atoms with Crippen molar-refractivity contribution in [3.8, 4) is 27.4 Å². The zero-order valence-corrected chi connectivity index (χ0v) is 28.1. The van der Waals surface area contributed by atoms with Crippen LogP contribution < -0.4 is 0 Å². The summed E-state index contributed by atoms with van der Waals surface area (Å²) in [6.07, 6.45) is 1.81. The molecule has 0 spiro atoms. The third kappa shape index (κ3) is 5.34. The maximum atomic E-state index is 11.3. The zero-order chi connectivity index (χ0) is 31.5. The van der Waals surface area contributed by atoms with Gasteiger partial charge in [0.1, 0.15) is 10.8 Å². The molecule has 7 aromatic rings. The Balaban J connectivity index is 1.33. The smallest absolute Gasteiger partial charge is 0.128 e. The van der Waals surface area contributed by atoms with Gasteiger partial charge in [-0.15, -0.1) is 22.7 Å². The monoisotopic (exact) mass is 624 g/mol. The van der Waals surface area contributed by atoms with Gasteiger partial charge in [-0.3, -0.25) is 4.99 Å². The van der Waals surface area contributed by atoms with E-state index in [9.17, 15) is 5.11 Å². The molecule has 0 saturated heterocycles. The van der Waals surface area contributed by atoms with Crippen molar-refractivity contribution in [2.24, 2.45) is 4.99 Å². The van der Waals surface area contributed by atoms with E-state index in [-0.39, 0.29) is 16.6 Å². The Bertz CT molecular complexity index is 2260. The van der Waals surface area contributed by atoms with Crippen molar-refractivity contribution in [3.05, 3.63) is 114 Å². The fourth-order valence-corrected chi connectivity index (χ4v) is 8.16. The van der Waals surface area contributed by atoms with E-state index in [4.69, 9.17) is 9.98 Å². The molecule has 0 atom stereocenters. The third-order valence-corrected chi connectivity index (χ3v) is 10.7. The van der Waals surface area contributed by atoms with Crippen LogP contribution in [0.1, 0.15) is 58.2 Å². The van der Waals surface area contributed by atoms with Gasteiger partial charge < -0.3 is 5.11 Å². The van der Waals surface area contributed by atoms with Crippen LogP contribution in [0.15, 0.2) is 102 Å². The highest BCUT2D eigenvalue weighted by atomic mass is 32.1. The van der Waals surface area contributed by atoms with Gasteiger partial charge in [0, 0.05) is 54.2 Å². The quantitative estimate of drug-likeness (QED) is 0.198. The standard InChI is InChI=1S/C40H36N2OS2/c1-39(2,3)25-21-24(36(43)31(22-25)40(4,5)6)23-41-32-18-9-7-14-30(32)38-42-35-27(15-12-20-34(35)45-38)29-17-11-16-28-26-13-8-10-19-33(26)44-37(28)29/h7-23,43H,1-6H3. The summed E-state index contributed by atoms with van der Waals surface area (Å²) in [6.45, 7) is 13.0. The van der Waals surface area contributed by atoms with Crippen LogP contribution in [0.4, 0.5) is 5.69 Å². The van der Waals surface area contributed by atoms with Gasteiger partial charge in [0.05, 0.1) is 15.9 Å². The lowest BCUT2D eigenvalue weighted by atomic mass is 9.79. The number of aromatic nitrogens is 1. The van der Waals surface area contributed by atoms with Gasteiger partial charge in [0.15, 0.2) is 0 Å². The first-order valence-corrected chi connectivity index (χ1v) is 16.9. The molecular formula is C40H36N2OS2. The molecule has 0 unspecified atom stereocenters. The average molecular weight is 625 g/mol. The number of thiazole rings is 1. The second kappa shape index (κ2) is 10.9. The molecule has 7 rings (SSSR count). The van der Waals surface area contributed by atoms with Crippen molar-refractivity contribution in [2.45, 2.75) is 52.4 Å². The predicted octanol–water partition coefficient (Wildman–Crippen LogP) is 12.0. The number of aromatic hydroxyl groups is 1. The molecular weight excluding hydrogens is 589 g/mol. The molecule has 2 heterocycles. The summed E-state index contributed by atoms with van der Waals surface area (Å²) in [6, 6.07) is 34.0. The van der Waals surface area contributed by atoms with Gasteiger partial charge in [-0.2, -0.15) is 0 Å². The molecule has 0 aliphatic carbocycles. The third-order valence-electron chi connectivity index (χ3n) is 8.40. The normalized spacial score (nSPS) is 12.7. The molecule has 5 heteroatoms. The lowest BCUT2D eigenvalue weighted by Crippen LogP contribution is -2.17. The minimum Gasteiger partial charge on any atom is -0.507 e. The average Bonchev–Trinajstić information content (AvgIpc) is 3.61. The van der Waals surface area contributed by atoms with E-state index in [1.165, 1.54) is 31.3 Å². The van der Waals surface area contributed by atoms with E-state index in [0.717, 1.165) is 43.2 Å². The van der Waals surface area contributed by atoms with Crippen molar-refractivity contribution in [1.82, 2.24) is 4.98 Å². The molecule has 0 amide bonds. The SMILES string of the molecule is CC(C)(C)c1cc(C=Nc2ccccc2-c2nc3c(-c4cccc5c4sc4ccccc45)cccc3s2)c(O)c(C(C)(C)C)c1. The van der Waals surface area contributed by atoms with E-state index in [1.54, 1.807) is 17.6 Å². The molecule has 0 bridgehead atoms. The van der Waals surface area contributed by atoms with Crippen LogP contribution >= 0.6 is 22.7 Å². The number of phenols is 1. The Morgan fingerprint density at radius 3 is 2.13 bits per heavy atom. The number of rotatable bonds is 4. The summed E-state index contributed by atoms with van der Waals surface area (Å²) in [5.74, 6) is 0.289. The van der Waals surface area contributed by atoms with Crippen molar-refractivity contribution in [1.29, 1.82) is 0 Å². The maximum absolute atomic E-state index is 11.3. The second-order valence-corrected chi connectivity index (χ2v) is 15.8. The van der Waals surface area contributed by atoms with Gasteiger partial charge in [0.2, 0.25) is 0 Å². The molecule has 2 aromatic heterocycles. The van der Waals surface area contributed by atoms with Gasteiger partial charge in [0.25, 0.3) is 0 Å². The number of hydrogen-bond acceptors (Lipinski definition) is 5. The van der Waals surface area contributed by atoms with E-state index in [0.29, 0.717) is 0 Å². The molecule has 3 nitrogen and oxygen atoms in total. The lowest BCUT2D eigenvalue weighted by Gasteiger charge is -2.27. The van der Waals surface area contributed by atoms with Crippen LogP contribution in [0.2, 0.25) is 0 Å². The molecule has 1 N–H and O–H groups in total. The number of fused-ring (bicyclic) bond motifs is 4. The fourth-order valence-electron chi connectivity index (χ4n) is 5.91. The summed E-state index contributed by atoms with van der Waals surface area (Å²) >= 11 is 3.53. The summed E-state index contributed by atoms with van der Waals surface area (Å²) in [4.78, 5) is 10.2. The Labute approximate surface area is 272 Å². The largest absolute Gasteiger partial charge is 0.507 e. The number of aliphatic imine (C=N–C) groups is 1. The Hall–Kier alpha value is -4.32. The van der Waals surface area contributed by atoms with E-state index < -0.39 is 0 Å². The molecule has 0 aliphatic rings. The van der Waals surface area contributed by atoms with Crippen molar-refractivity contribution in [2.75, 3.05) is 0 Å². The molecule has 0 saturated carbocycles. The van der Waals surface area contributed by atoms with Crippen molar-refractivity contribution >= 4 is 65.0 Å². The van der Waals surface area contributed by atoms with Crippen LogP contribution in [-0.2, 0) is 10.8 Å². The fraction of sp³-hybridized carbons (Fsp3) is 0.200. The highest BCUT2D eigenvalue weighted by Gasteiger charge is 2.25. The Morgan fingerprint density at radius 2 is 1.33 bits per heavy atom. The first kappa shape index (κ1) is 29.4. The van der Waals surface area contributed by atoms with E-state index in [2.05, 4.69) is 120 Å². The zero-order valence-electron chi connectivity index (χ0n) is 26.5. The number of hydrogen-bond donors (Lipinski definition) is 1. The van der Waals surface area contributed by atoms with Gasteiger partial charge in [-0.25, -0.2) is 4.98 Å². The summed E-state index contributed by atoms with van der Waals surface area (Å²) in [5, 5.41) is 14.8. The molecule has 0 radical (unpaired) electrons. The van der Waals surface area contributed by atoms with E-state index in [1.807, 2.05) is 29.5 Å². The molecule has 0 fully saturated rings. The summed E-state index contributed by atoms with van der Waals surface area (Å²) < 4.78 is 3.73. The first-order chi connectivity index (χ1) is 21.5. The van der Waals surface area contributed by atoms with Crippen molar-refractivity contribution < 1.29 is 5.11 Å². The maximum Gasteiger partial charge on any atom is 0.128 e. The molecule has 0 aliphatic heterocycles. The highest BCUT2D eigenvalue weighted by molar-refractivity contribution is 7.26. The van der Waals surface area contributed by atoms with E-state index >= 15 is 0 Å². The van der Waals surface area contributed by atoms with Gasteiger partial charge >= 0.3 is 0 Å². The Kier molecular flexibility index (Phi) is 7.14. The van der Waals surface area contributed by atoms with Crippen LogP contribution in [0.3, 0.4) is 0 Å². The topological polar surface area (TPSA) is 45.5 Å². The minimum absolute atomic E-state index is 0.0624. The van der Waals surface area contributed by atoms with Crippen LogP contribution in [0, 0.1) is 0 Å². The number of para-hydroxylation sites is 2. The second-order valence-electron chi connectivity index (χ2n) is 13.7. The van der Waals surface area contributed by atoms with Crippen LogP contribution in [0.5, 0.6) is 5.75 Å². The van der Waals surface area contributed by atoms with Crippen molar-refractivity contribution in [3.63, 3.8) is 0 Å². The summed E-state index contributed by atoms with van der Waals surface area (Å²) in [5.41, 5.74) is 7.72. The predicted molar refractivity (Wildman–Crippen MR) is 196 cm³/mol. The van der Waals surface area contributed by atoms with Crippen LogP contribution in [-0.4, -0.2) is 16.3 Å². The lowest BCUT2D eigenvalue weighted by molar-refractivity contribution is 0.444.